The predicted octanol–water partition coefficient (Wildman–Crippen LogP) is 4.09. The van der Waals surface area contributed by atoms with Crippen molar-refractivity contribution in [3.8, 4) is 11.1 Å². The minimum atomic E-state index is 0.929. The van der Waals surface area contributed by atoms with Crippen LogP contribution in [0.2, 0.25) is 0 Å². The van der Waals surface area contributed by atoms with Crippen LogP contribution >= 0.6 is 0 Å². The van der Waals surface area contributed by atoms with Crippen LogP contribution in [0.15, 0.2) is 54.6 Å². The van der Waals surface area contributed by atoms with Crippen LogP contribution in [-0.4, -0.2) is 15.4 Å². The summed E-state index contributed by atoms with van der Waals surface area (Å²) in [6.07, 6.45) is 0. The highest BCUT2D eigenvalue weighted by atomic mass is 15.3. The van der Waals surface area contributed by atoms with E-state index in [1.54, 1.807) is 0 Å². The van der Waals surface area contributed by atoms with Gasteiger partial charge in [0.2, 0.25) is 0 Å². The molecule has 0 unspecified atom stereocenters. The number of hydrogen-bond acceptors (Lipinski definition) is 2. The Bertz CT molecular complexity index is 922. The zero-order chi connectivity index (χ0) is 13.5. The Labute approximate surface area is 116 Å². The Morgan fingerprint density at radius 1 is 0.800 bits per heavy atom. The van der Waals surface area contributed by atoms with Crippen LogP contribution < -0.4 is 0 Å². The van der Waals surface area contributed by atoms with Crippen molar-refractivity contribution in [2.75, 3.05) is 0 Å². The van der Waals surface area contributed by atoms with Crippen LogP contribution in [0, 0.1) is 6.92 Å². The molecule has 0 radical (unpaired) electrons. The van der Waals surface area contributed by atoms with E-state index in [-0.39, 0.29) is 0 Å². The van der Waals surface area contributed by atoms with Gasteiger partial charge in [0.05, 0.1) is 0 Å². The lowest BCUT2D eigenvalue weighted by Gasteiger charge is -2.08. The van der Waals surface area contributed by atoms with Gasteiger partial charge < -0.3 is 0 Å². The number of aromatic nitrogens is 3. The maximum atomic E-state index is 4.35. The molecule has 0 spiro atoms. The fraction of sp³-hybridized carbons (Fsp3) is 0.0588. The van der Waals surface area contributed by atoms with E-state index in [0.29, 0.717) is 0 Å². The van der Waals surface area contributed by atoms with Crippen LogP contribution in [0.3, 0.4) is 0 Å². The molecule has 0 saturated heterocycles. The number of aromatic amines is 1. The Hall–Kier alpha value is -2.68. The summed E-state index contributed by atoms with van der Waals surface area (Å²) in [6.45, 7) is 2.12. The summed E-state index contributed by atoms with van der Waals surface area (Å²) >= 11 is 0. The smallest absolute Gasteiger partial charge is 0.121 e. The van der Waals surface area contributed by atoms with E-state index in [4.69, 9.17) is 0 Å². The molecule has 3 nitrogen and oxygen atoms in total. The highest BCUT2D eigenvalue weighted by molar-refractivity contribution is 6.10. The first kappa shape index (κ1) is 11.2. The number of benzene rings is 3. The summed E-state index contributed by atoms with van der Waals surface area (Å²) < 4.78 is 0. The molecule has 0 aliphatic carbocycles. The normalized spacial score (nSPS) is 11.2. The van der Waals surface area contributed by atoms with Crippen molar-refractivity contribution in [1.82, 2.24) is 15.4 Å². The third-order valence-corrected chi connectivity index (χ3v) is 3.75. The molecule has 0 aliphatic rings. The van der Waals surface area contributed by atoms with Crippen LogP contribution in [0.4, 0.5) is 0 Å². The number of nitrogens with one attached hydrogen (secondary N) is 1. The van der Waals surface area contributed by atoms with Gasteiger partial charge in [-0.25, -0.2) is 0 Å². The summed E-state index contributed by atoms with van der Waals surface area (Å²) in [5, 5.41) is 13.8. The third kappa shape index (κ3) is 1.53. The molecule has 0 saturated carbocycles. The number of hydrogen-bond donors (Lipinski definition) is 1. The fourth-order valence-corrected chi connectivity index (χ4v) is 2.75. The zero-order valence-electron chi connectivity index (χ0n) is 11.1. The molecule has 0 fully saturated rings. The topological polar surface area (TPSA) is 41.6 Å². The Kier molecular flexibility index (Phi) is 2.33. The van der Waals surface area contributed by atoms with Gasteiger partial charge in [0.25, 0.3) is 0 Å². The van der Waals surface area contributed by atoms with E-state index < -0.39 is 0 Å². The maximum absolute atomic E-state index is 4.35. The number of aryl methyl sites for hydroxylation is 1. The van der Waals surface area contributed by atoms with Crippen molar-refractivity contribution in [2.45, 2.75) is 6.92 Å². The van der Waals surface area contributed by atoms with E-state index in [1.807, 2.05) is 6.07 Å². The lowest BCUT2D eigenvalue weighted by molar-refractivity contribution is 0.960. The molecule has 3 heteroatoms. The monoisotopic (exact) mass is 259 g/mol. The van der Waals surface area contributed by atoms with Gasteiger partial charge in [0.15, 0.2) is 0 Å². The van der Waals surface area contributed by atoms with Gasteiger partial charge in [0.1, 0.15) is 11.0 Å². The van der Waals surface area contributed by atoms with Gasteiger partial charge >= 0.3 is 0 Å². The summed E-state index contributed by atoms with van der Waals surface area (Å²) in [7, 11) is 0. The highest BCUT2D eigenvalue weighted by Crippen LogP contribution is 2.33. The molecule has 4 aromatic rings. The molecular weight excluding hydrogens is 246 g/mol. The lowest BCUT2D eigenvalue weighted by Crippen LogP contribution is -1.86. The van der Waals surface area contributed by atoms with Crippen molar-refractivity contribution in [3.05, 3.63) is 60.2 Å². The third-order valence-electron chi connectivity index (χ3n) is 3.75. The number of H-pyrrole nitrogens is 1. The molecular formula is C17H13N3. The minimum absolute atomic E-state index is 0.929. The summed E-state index contributed by atoms with van der Waals surface area (Å²) in [5.41, 5.74) is 5.44. The minimum Gasteiger partial charge on any atom is -0.197 e. The molecule has 96 valence electrons. The van der Waals surface area contributed by atoms with E-state index >= 15 is 0 Å². The molecule has 0 bridgehead atoms. The zero-order valence-corrected chi connectivity index (χ0v) is 11.1. The SMILES string of the molecule is Cc1ccccc1-c1cc2ccccc2c2n[nH]nc12. The van der Waals surface area contributed by atoms with Crippen molar-refractivity contribution in [2.24, 2.45) is 0 Å². The van der Waals surface area contributed by atoms with Crippen molar-refractivity contribution < 1.29 is 0 Å². The van der Waals surface area contributed by atoms with Crippen molar-refractivity contribution in [3.63, 3.8) is 0 Å². The highest BCUT2D eigenvalue weighted by Gasteiger charge is 2.12. The van der Waals surface area contributed by atoms with Crippen molar-refractivity contribution >= 4 is 21.8 Å². The van der Waals surface area contributed by atoms with Gasteiger partial charge in [-0.15, -0.1) is 0 Å². The molecule has 0 atom stereocenters. The molecule has 3 aromatic carbocycles. The first-order chi connectivity index (χ1) is 9.84. The lowest BCUT2D eigenvalue weighted by atomic mass is 9.96. The first-order valence-electron chi connectivity index (χ1n) is 6.63. The number of fused-ring (bicyclic) bond motifs is 3. The fourth-order valence-electron chi connectivity index (χ4n) is 2.75. The molecule has 1 aromatic heterocycles. The van der Waals surface area contributed by atoms with E-state index in [1.165, 1.54) is 16.5 Å². The quantitative estimate of drug-likeness (QED) is 0.559. The van der Waals surface area contributed by atoms with E-state index in [9.17, 15) is 0 Å². The molecule has 20 heavy (non-hydrogen) atoms. The van der Waals surface area contributed by atoms with Gasteiger partial charge in [0, 0.05) is 10.9 Å². The average molecular weight is 259 g/mol. The van der Waals surface area contributed by atoms with Gasteiger partial charge in [-0.05, 0) is 29.5 Å². The van der Waals surface area contributed by atoms with Gasteiger partial charge in [-0.3, -0.25) is 0 Å². The Morgan fingerprint density at radius 2 is 1.55 bits per heavy atom. The predicted molar refractivity (Wildman–Crippen MR) is 81.6 cm³/mol. The van der Waals surface area contributed by atoms with Crippen LogP contribution in [-0.2, 0) is 0 Å². The molecule has 1 heterocycles. The molecule has 0 aliphatic heterocycles. The summed E-state index contributed by atoms with van der Waals surface area (Å²) in [4.78, 5) is 0. The van der Waals surface area contributed by atoms with Crippen LogP contribution in [0.25, 0.3) is 32.9 Å². The van der Waals surface area contributed by atoms with E-state index in [0.717, 1.165) is 22.0 Å². The van der Waals surface area contributed by atoms with Crippen LogP contribution in [0.1, 0.15) is 5.56 Å². The number of nitrogens with zero attached hydrogens (tertiary/aromatic N) is 2. The van der Waals surface area contributed by atoms with E-state index in [2.05, 4.69) is 70.9 Å². The second-order valence-corrected chi connectivity index (χ2v) is 4.98. The average Bonchev–Trinajstić information content (AvgIpc) is 2.97. The summed E-state index contributed by atoms with van der Waals surface area (Å²) in [6, 6.07) is 18.8. The van der Waals surface area contributed by atoms with Crippen molar-refractivity contribution in [1.29, 1.82) is 0 Å². The van der Waals surface area contributed by atoms with Gasteiger partial charge in [-0.2, -0.15) is 15.4 Å². The standard InChI is InChI=1S/C17H13N3/c1-11-6-2-4-8-13(11)15-10-12-7-3-5-9-14(12)16-17(15)19-20-18-16/h2-10H,1H3,(H,18,19,20). The number of rotatable bonds is 1. The van der Waals surface area contributed by atoms with Gasteiger partial charge in [-0.1, -0.05) is 48.5 Å². The molecule has 1 N–H and O–H groups in total. The Balaban J connectivity index is 2.17. The first-order valence-corrected chi connectivity index (χ1v) is 6.63. The molecule has 4 rings (SSSR count). The van der Waals surface area contributed by atoms with Crippen LogP contribution in [0.5, 0.6) is 0 Å². The second-order valence-electron chi connectivity index (χ2n) is 4.98. The largest absolute Gasteiger partial charge is 0.197 e. The molecule has 0 amide bonds. The second kappa shape index (κ2) is 4.17. The Morgan fingerprint density at radius 3 is 2.45 bits per heavy atom. The summed E-state index contributed by atoms with van der Waals surface area (Å²) in [5.74, 6) is 0. The maximum Gasteiger partial charge on any atom is 0.121 e.